The monoisotopic (exact) mass is 391 g/mol. The summed E-state index contributed by atoms with van der Waals surface area (Å²) in [5, 5.41) is 0. The number of benzene rings is 1. The van der Waals surface area contributed by atoms with Crippen molar-refractivity contribution < 1.29 is 9.47 Å². The fourth-order valence-electron chi connectivity index (χ4n) is 2.04. The summed E-state index contributed by atoms with van der Waals surface area (Å²) in [4.78, 5) is 6.49. The maximum atomic E-state index is 6.00. The number of ether oxygens (including phenoxy) is 2. The van der Waals surface area contributed by atoms with E-state index in [-0.39, 0.29) is 24.0 Å². The van der Waals surface area contributed by atoms with Gasteiger partial charge in [-0.1, -0.05) is 12.1 Å². The van der Waals surface area contributed by atoms with E-state index in [1.54, 1.807) is 7.11 Å². The maximum absolute atomic E-state index is 6.00. The van der Waals surface area contributed by atoms with Crippen molar-refractivity contribution in [1.29, 1.82) is 0 Å². The van der Waals surface area contributed by atoms with Gasteiger partial charge in [0.2, 0.25) is 0 Å². The molecule has 20 heavy (non-hydrogen) atoms. The number of guanidine groups is 1. The van der Waals surface area contributed by atoms with Crippen molar-refractivity contribution >= 4 is 29.9 Å². The Balaban J connectivity index is 0.00000200. The molecule has 0 saturated carbocycles. The molecule has 0 bridgehead atoms. The molecular weight excluding hydrogens is 369 g/mol. The van der Waals surface area contributed by atoms with Crippen molar-refractivity contribution in [2.45, 2.75) is 13.5 Å². The van der Waals surface area contributed by atoms with Crippen molar-refractivity contribution in [2.24, 2.45) is 10.7 Å². The van der Waals surface area contributed by atoms with E-state index in [0.29, 0.717) is 25.7 Å². The summed E-state index contributed by atoms with van der Waals surface area (Å²) in [6, 6.07) is 6.10. The van der Waals surface area contributed by atoms with Gasteiger partial charge < -0.3 is 20.1 Å². The molecule has 2 N–H and O–H groups in total. The molecule has 0 unspecified atom stereocenters. The van der Waals surface area contributed by atoms with Crippen molar-refractivity contribution in [1.82, 2.24) is 4.90 Å². The highest BCUT2D eigenvalue weighted by atomic mass is 127. The smallest absolute Gasteiger partial charge is 0.191 e. The molecule has 6 heteroatoms. The van der Waals surface area contributed by atoms with E-state index in [1.807, 2.05) is 24.0 Å². The zero-order valence-corrected chi connectivity index (χ0v) is 14.3. The van der Waals surface area contributed by atoms with Crippen LogP contribution in [0.1, 0.15) is 11.1 Å². The molecule has 1 saturated heterocycles. The van der Waals surface area contributed by atoms with Gasteiger partial charge in [0.05, 0.1) is 26.9 Å². The number of nitrogens with zero attached hydrogens (tertiary/aromatic N) is 2. The highest BCUT2D eigenvalue weighted by Gasteiger charge is 2.12. The third-order valence-electron chi connectivity index (χ3n) is 3.19. The molecule has 0 spiro atoms. The molecule has 0 atom stereocenters. The lowest BCUT2D eigenvalue weighted by molar-refractivity contribution is 0.0674. The molecule has 0 aliphatic carbocycles. The van der Waals surface area contributed by atoms with Crippen molar-refractivity contribution in [3.05, 3.63) is 29.3 Å². The van der Waals surface area contributed by atoms with Crippen molar-refractivity contribution in [3.8, 4) is 5.75 Å². The van der Waals surface area contributed by atoms with Crippen LogP contribution in [0.4, 0.5) is 0 Å². The third kappa shape index (κ3) is 4.52. The van der Waals surface area contributed by atoms with Crippen LogP contribution in [0, 0.1) is 6.92 Å². The molecule has 0 radical (unpaired) electrons. The first-order valence-electron chi connectivity index (χ1n) is 6.47. The van der Waals surface area contributed by atoms with Gasteiger partial charge in [0, 0.05) is 18.7 Å². The molecular formula is C14H22IN3O2. The minimum absolute atomic E-state index is 0. The normalized spacial score (nSPS) is 15.7. The topological polar surface area (TPSA) is 60.1 Å². The summed E-state index contributed by atoms with van der Waals surface area (Å²) in [5.74, 6) is 1.43. The Morgan fingerprint density at radius 3 is 2.75 bits per heavy atom. The van der Waals surface area contributed by atoms with Gasteiger partial charge >= 0.3 is 0 Å². The zero-order valence-electron chi connectivity index (χ0n) is 12.0. The molecule has 1 aliphatic heterocycles. The Hall–Kier alpha value is -1.02. The van der Waals surface area contributed by atoms with Crippen LogP contribution >= 0.6 is 24.0 Å². The van der Waals surface area contributed by atoms with Crippen LogP contribution in [0.5, 0.6) is 5.75 Å². The van der Waals surface area contributed by atoms with Gasteiger partial charge in [-0.2, -0.15) is 0 Å². The Morgan fingerprint density at radius 2 is 2.10 bits per heavy atom. The van der Waals surface area contributed by atoms with Crippen LogP contribution in [0.15, 0.2) is 23.2 Å². The molecule has 0 amide bonds. The second kappa shape index (κ2) is 8.31. The number of halogens is 1. The fourth-order valence-corrected chi connectivity index (χ4v) is 2.04. The first-order chi connectivity index (χ1) is 9.20. The average Bonchev–Trinajstić information content (AvgIpc) is 2.46. The van der Waals surface area contributed by atoms with Gasteiger partial charge in [-0.3, -0.25) is 0 Å². The van der Waals surface area contributed by atoms with E-state index in [2.05, 4.69) is 11.1 Å². The van der Waals surface area contributed by atoms with Crippen LogP contribution in [-0.4, -0.2) is 44.3 Å². The van der Waals surface area contributed by atoms with Gasteiger partial charge in [0.15, 0.2) is 5.96 Å². The van der Waals surface area contributed by atoms with Gasteiger partial charge in [0.1, 0.15) is 5.75 Å². The zero-order chi connectivity index (χ0) is 13.7. The number of aliphatic imine (C=N–C) groups is 1. The number of aryl methyl sites for hydroxylation is 1. The highest BCUT2D eigenvalue weighted by Crippen LogP contribution is 2.20. The van der Waals surface area contributed by atoms with Crippen molar-refractivity contribution in [2.75, 3.05) is 33.4 Å². The van der Waals surface area contributed by atoms with Gasteiger partial charge in [-0.05, 0) is 18.6 Å². The minimum atomic E-state index is 0. The summed E-state index contributed by atoms with van der Waals surface area (Å²) < 4.78 is 10.7. The lowest BCUT2D eigenvalue weighted by Gasteiger charge is -2.27. The van der Waals surface area contributed by atoms with E-state index in [1.165, 1.54) is 5.56 Å². The molecule has 112 valence electrons. The molecule has 5 nitrogen and oxygen atoms in total. The SMILES string of the molecule is COc1cc(C)ccc1CN=C(N)N1CCOCC1.I. The number of nitrogens with two attached hydrogens (primary N) is 1. The Kier molecular flexibility index (Phi) is 7.08. The lowest BCUT2D eigenvalue weighted by Crippen LogP contribution is -2.44. The standard InChI is InChI=1S/C14H21N3O2.HI/c1-11-3-4-12(13(9-11)18-2)10-16-14(15)17-5-7-19-8-6-17;/h3-4,9H,5-8,10H2,1-2H3,(H2,15,16);1H. The van der Waals surface area contributed by atoms with E-state index in [0.717, 1.165) is 24.4 Å². The first-order valence-corrected chi connectivity index (χ1v) is 6.47. The van der Waals surface area contributed by atoms with Crippen LogP contribution in [-0.2, 0) is 11.3 Å². The predicted octanol–water partition coefficient (Wildman–Crippen LogP) is 1.77. The molecule has 1 aliphatic rings. The minimum Gasteiger partial charge on any atom is -0.496 e. The number of methoxy groups -OCH3 is 1. The first kappa shape index (κ1) is 17.0. The quantitative estimate of drug-likeness (QED) is 0.485. The molecule has 1 fully saturated rings. The molecule has 1 aromatic carbocycles. The second-order valence-electron chi connectivity index (χ2n) is 4.59. The lowest BCUT2D eigenvalue weighted by atomic mass is 10.1. The van der Waals surface area contributed by atoms with Crippen LogP contribution in [0.3, 0.4) is 0 Å². The molecule has 1 aromatic rings. The predicted molar refractivity (Wildman–Crippen MR) is 90.9 cm³/mol. The number of hydrogen-bond acceptors (Lipinski definition) is 3. The van der Waals surface area contributed by atoms with Crippen LogP contribution < -0.4 is 10.5 Å². The summed E-state index contributed by atoms with van der Waals surface area (Å²) in [6.07, 6.45) is 0. The Labute approximate surface area is 137 Å². The van der Waals surface area contributed by atoms with E-state index in [9.17, 15) is 0 Å². The number of rotatable bonds is 3. The second-order valence-corrected chi connectivity index (χ2v) is 4.59. The average molecular weight is 391 g/mol. The Morgan fingerprint density at radius 1 is 1.40 bits per heavy atom. The van der Waals surface area contributed by atoms with Crippen LogP contribution in [0.25, 0.3) is 0 Å². The molecule has 0 aromatic heterocycles. The number of morpholine rings is 1. The van der Waals surface area contributed by atoms with Crippen LogP contribution in [0.2, 0.25) is 0 Å². The van der Waals surface area contributed by atoms with E-state index in [4.69, 9.17) is 15.2 Å². The molecule has 1 heterocycles. The van der Waals surface area contributed by atoms with Gasteiger partial charge in [-0.25, -0.2) is 4.99 Å². The maximum Gasteiger partial charge on any atom is 0.191 e. The van der Waals surface area contributed by atoms with Crippen molar-refractivity contribution in [3.63, 3.8) is 0 Å². The van der Waals surface area contributed by atoms with E-state index < -0.39 is 0 Å². The summed E-state index contributed by atoms with van der Waals surface area (Å²) >= 11 is 0. The van der Waals surface area contributed by atoms with Gasteiger partial charge in [0.25, 0.3) is 0 Å². The summed E-state index contributed by atoms with van der Waals surface area (Å²) in [6.45, 7) is 5.61. The number of hydrogen-bond donors (Lipinski definition) is 1. The third-order valence-corrected chi connectivity index (χ3v) is 3.19. The van der Waals surface area contributed by atoms with Gasteiger partial charge in [-0.15, -0.1) is 24.0 Å². The van der Waals surface area contributed by atoms with E-state index >= 15 is 0 Å². The Bertz CT molecular complexity index is 460. The molecule has 2 rings (SSSR count). The highest BCUT2D eigenvalue weighted by molar-refractivity contribution is 14.0. The summed E-state index contributed by atoms with van der Waals surface area (Å²) in [7, 11) is 1.67. The fraction of sp³-hybridized carbons (Fsp3) is 0.500. The summed E-state index contributed by atoms with van der Waals surface area (Å²) in [5.41, 5.74) is 8.21. The largest absolute Gasteiger partial charge is 0.496 e.